The van der Waals surface area contributed by atoms with Gasteiger partial charge in [-0.2, -0.15) is 0 Å². The third-order valence-electron chi connectivity index (χ3n) is 3.21. The number of nitrogens with two attached hydrogens (primary N) is 1. The largest absolute Gasteiger partial charge is 0.381 e. The summed E-state index contributed by atoms with van der Waals surface area (Å²) in [7, 11) is 0. The van der Waals surface area contributed by atoms with Gasteiger partial charge in [-0.25, -0.2) is 0 Å². The number of ether oxygens (including phenoxy) is 1. The van der Waals surface area contributed by atoms with E-state index in [2.05, 4.69) is 5.32 Å². The van der Waals surface area contributed by atoms with E-state index in [0.29, 0.717) is 18.3 Å². The highest BCUT2D eigenvalue weighted by Gasteiger charge is 2.16. The zero-order valence-electron chi connectivity index (χ0n) is 10.4. The smallest absolute Gasteiger partial charge is 0.221 e. The summed E-state index contributed by atoms with van der Waals surface area (Å²) >= 11 is 0. The third-order valence-corrected chi connectivity index (χ3v) is 3.21. The van der Waals surface area contributed by atoms with Crippen molar-refractivity contribution in [1.29, 1.82) is 0 Å². The second kappa shape index (κ2) is 6.86. The molecule has 1 amide bonds. The molecule has 0 spiro atoms. The molecule has 1 heterocycles. The molecule has 3 N–H and O–H groups in total. The Morgan fingerprint density at radius 1 is 1.44 bits per heavy atom. The summed E-state index contributed by atoms with van der Waals surface area (Å²) in [4.78, 5) is 11.6. The molecule has 0 aromatic carbocycles. The van der Waals surface area contributed by atoms with Crippen molar-refractivity contribution in [3.8, 4) is 0 Å². The summed E-state index contributed by atoms with van der Waals surface area (Å²) in [5, 5.41) is 2.96. The lowest BCUT2D eigenvalue weighted by atomic mass is 9.99. The van der Waals surface area contributed by atoms with Crippen LogP contribution in [0.3, 0.4) is 0 Å². The number of hydrogen-bond acceptors (Lipinski definition) is 3. The highest BCUT2D eigenvalue weighted by Crippen LogP contribution is 2.13. The first-order valence-electron chi connectivity index (χ1n) is 6.19. The number of carbonyl (C=O) groups excluding carboxylic acids is 1. The van der Waals surface area contributed by atoms with Crippen molar-refractivity contribution in [3.63, 3.8) is 0 Å². The van der Waals surface area contributed by atoms with Gasteiger partial charge in [0.15, 0.2) is 0 Å². The molecular weight excluding hydrogens is 204 g/mol. The number of amides is 1. The van der Waals surface area contributed by atoms with E-state index in [4.69, 9.17) is 10.5 Å². The zero-order chi connectivity index (χ0) is 12.0. The summed E-state index contributed by atoms with van der Waals surface area (Å²) in [5.41, 5.74) is 5.85. The molecule has 1 saturated heterocycles. The lowest BCUT2D eigenvalue weighted by molar-refractivity contribution is -0.122. The predicted molar refractivity (Wildman–Crippen MR) is 64.0 cm³/mol. The summed E-state index contributed by atoms with van der Waals surface area (Å²) in [5.74, 6) is 1.01. The van der Waals surface area contributed by atoms with Crippen molar-refractivity contribution in [2.24, 2.45) is 17.6 Å². The fourth-order valence-electron chi connectivity index (χ4n) is 1.73. The van der Waals surface area contributed by atoms with Gasteiger partial charge in [0.2, 0.25) is 5.91 Å². The average Bonchev–Trinajstić information content (AvgIpc) is 2.27. The first-order chi connectivity index (χ1) is 7.59. The Bertz CT molecular complexity index is 213. The van der Waals surface area contributed by atoms with Crippen LogP contribution in [0.15, 0.2) is 0 Å². The molecular formula is C12H24N2O2. The predicted octanol–water partition coefficient (Wildman–Crippen LogP) is 0.903. The van der Waals surface area contributed by atoms with Gasteiger partial charge in [0.05, 0.1) is 0 Å². The third kappa shape index (κ3) is 4.94. The van der Waals surface area contributed by atoms with E-state index in [1.54, 1.807) is 0 Å². The van der Waals surface area contributed by atoms with Gasteiger partial charge in [-0.3, -0.25) is 4.79 Å². The molecule has 1 fully saturated rings. The van der Waals surface area contributed by atoms with Gasteiger partial charge >= 0.3 is 0 Å². The Hall–Kier alpha value is -0.610. The molecule has 0 aromatic heterocycles. The number of hydrogen-bond donors (Lipinski definition) is 2. The summed E-state index contributed by atoms with van der Waals surface area (Å²) in [6.07, 6.45) is 2.54. The van der Waals surface area contributed by atoms with Gasteiger partial charge < -0.3 is 15.8 Å². The first-order valence-corrected chi connectivity index (χ1v) is 6.19. The quantitative estimate of drug-likeness (QED) is 0.735. The molecule has 16 heavy (non-hydrogen) atoms. The molecule has 1 rings (SSSR count). The average molecular weight is 228 g/mol. The molecule has 4 nitrogen and oxygen atoms in total. The second-order valence-corrected chi connectivity index (χ2v) is 4.97. The van der Waals surface area contributed by atoms with Gasteiger partial charge in [-0.05, 0) is 24.7 Å². The maximum atomic E-state index is 11.6. The van der Waals surface area contributed by atoms with E-state index in [9.17, 15) is 4.79 Å². The van der Waals surface area contributed by atoms with Crippen LogP contribution >= 0.6 is 0 Å². The van der Waals surface area contributed by atoms with Crippen molar-refractivity contribution >= 4 is 5.91 Å². The van der Waals surface area contributed by atoms with Crippen LogP contribution in [-0.2, 0) is 9.53 Å². The number of carbonyl (C=O) groups is 1. The molecule has 94 valence electrons. The molecule has 1 unspecified atom stereocenters. The van der Waals surface area contributed by atoms with E-state index in [1.807, 2.05) is 13.8 Å². The van der Waals surface area contributed by atoms with E-state index < -0.39 is 0 Å². The molecule has 0 bridgehead atoms. The minimum Gasteiger partial charge on any atom is -0.381 e. The van der Waals surface area contributed by atoms with Crippen LogP contribution in [0, 0.1) is 11.8 Å². The summed E-state index contributed by atoms with van der Waals surface area (Å²) in [6.45, 7) is 6.50. The minimum absolute atomic E-state index is 0.0327. The summed E-state index contributed by atoms with van der Waals surface area (Å²) in [6, 6.07) is -0.0327. The number of nitrogens with one attached hydrogen (secondary N) is 1. The zero-order valence-corrected chi connectivity index (χ0v) is 10.4. The van der Waals surface area contributed by atoms with Crippen LogP contribution in [0.2, 0.25) is 0 Å². The van der Waals surface area contributed by atoms with Crippen LogP contribution in [0.1, 0.15) is 33.1 Å². The van der Waals surface area contributed by atoms with E-state index in [0.717, 1.165) is 32.6 Å². The maximum absolute atomic E-state index is 11.6. The van der Waals surface area contributed by atoms with Crippen LogP contribution in [-0.4, -0.2) is 31.7 Å². The van der Waals surface area contributed by atoms with Gasteiger partial charge in [0, 0.05) is 32.2 Å². The molecule has 0 aliphatic carbocycles. The van der Waals surface area contributed by atoms with E-state index >= 15 is 0 Å². The van der Waals surface area contributed by atoms with Crippen molar-refractivity contribution in [1.82, 2.24) is 5.32 Å². The molecule has 1 aliphatic heterocycles. The summed E-state index contributed by atoms with van der Waals surface area (Å²) < 4.78 is 5.27. The van der Waals surface area contributed by atoms with Gasteiger partial charge in [-0.15, -0.1) is 0 Å². The lowest BCUT2D eigenvalue weighted by Crippen LogP contribution is -2.37. The van der Waals surface area contributed by atoms with Gasteiger partial charge in [0.25, 0.3) is 0 Å². The van der Waals surface area contributed by atoms with Crippen LogP contribution in [0.4, 0.5) is 0 Å². The normalized spacial score (nSPS) is 19.8. The van der Waals surface area contributed by atoms with Crippen molar-refractivity contribution in [2.45, 2.75) is 39.2 Å². The van der Waals surface area contributed by atoms with Crippen LogP contribution < -0.4 is 11.1 Å². The lowest BCUT2D eigenvalue weighted by Gasteiger charge is -2.22. The fraction of sp³-hybridized carbons (Fsp3) is 0.917. The Morgan fingerprint density at radius 2 is 2.06 bits per heavy atom. The van der Waals surface area contributed by atoms with Crippen molar-refractivity contribution < 1.29 is 9.53 Å². The van der Waals surface area contributed by atoms with Gasteiger partial charge in [0.1, 0.15) is 0 Å². The second-order valence-electron chi connectivity index (χ2n) is 4.97. The SMILES string of the molecule is CC(C)C(N)CC(=O)NCC1CCOCC1. The molecule has 4 heteroatoms. The topological polar surface area (TPSA) is 64.4 Å². The Labute approximate surface area is 97.9 Å². The highest BCUT2D eigenvalue weighted by molar-refractivity contribution is 5.76. The van der Waals surface area contributed by atoms with Crippen molar-refractivity contribution in [2.75, 3.05) is 19.8 Å². The molecule has 1 atom stereocenters. The molecule has 0 saturated carbocycles. The standard InChI is InChI=1S/C12H24N2O2/c1-9(2)11(13)7-12(15)14-8-10-3-5-16-6-4-10/h9-11H,3-8,13H2,1-2H3,(H,14,15). The fourth-order valence-corrected chi connectivity index (χ4v) is 1.73. The van der Waals surface area contributed by atoms with E-state index in [1.165, 1.54) is 0 Å². The molecule has 1 aliphatic rings. The van der Waals surface area contributed by atoms with Crippen LogP contribution in [0.25, 0.3) is 0 Å². The monoisotopic (exact) mass is 228 g/mol. The minimum atomic E-state index is -0.0327. The van der Waals surface area contributed by atoms with E-state index in [-0.39, 0.29) is 11.9 Å². The molecule has 0 aromatic rings. The number of rotatable bonds is 5. The van der Waals surface area contributed by atoms with Crippen LogP contribution in [0.5, 0.6) is 0 Å². The highest BCUT2D eigenvalue weighted by atomic mass is 16.5. The maximum Gasteiger partial charge on any atom is 0.221 e. The first kappa shape index (κ1) is 13.5. The van der Waals surface area contributed by atoms with Crippen molar-refractivity contribution in [3.05, 3.63) is 0 Å². The Morgan fingerprint density at radius 3 is 2.62 bits per heavy atom. The Kier molecular flexibility index (Phi) is 5.77. The van der Waals surface area contributed by atoms with Gasteiger partial charge in [-0.1, -0.05) is 13.8 Å². The molecule has 0 radical (unpaired) electrons. The Balaban J connectivity index is 2.14.